The first-order valence-electron chi connectivity index (χ1n) is 9.81. The van der Waals surface area contributed by atoms with E-state index in [1.807, 2.05) is 12.1 Å². The molecule has 4 aromatic rings. The van der Waals surface area contributed by atoms with Crippen molar-refractivity contribution in [2.24, 2.45) is 4.99 Å². The van der Waals surface area contributed by atoms with E-state index in [-0.39, 0.29) is 23.6 Å². The summed E-state index contributed by atoms with van der Waals surface area (Å²) in [6.07, 6.45) is 1.55. The van der Waals surface area contributed by atoms with Gasteiger partial charge in [-0.3, -0.25) is 4.79 Å². The van der Waals surface area contributed by atoms with E-state index in [9.17, 15) is 4.79 Å². The van der Waals surface area contributed by atoms with Crippen LogP contribution in [0.2, 0.25) is 0 Å². The Morgan fingerprint density at radius 3 is 2.47 bits per heavy atom. The smallest absolute Gasteiger partial charge is 0.257 e. The molecule has 2 aromatic heterocycles. The molecule has 0 fully saturated rings. The van der Waals surface area contributed by atoms with E-state index in [2.05, 4.69) is 10.3 Å². The molecule has 0 unspecified atom stereocenters. The summed E-state index contributed by atoms with van der Waals surface area (Å²) in [5, 5.41) is 3.54. The highest BCUT2D eigenvalue weighted by Gasteiger charge is 2.15. The Morgan fingerprint density at radius 2 is 1.75 bits per heavy atom. The first-order valence-corrected chi connectivity index (χ1v) is 9.81. The Bertz CT molecular complexity index is 1310. The van der Waals surface area contributed by atoms with E-state index in [1.165, 1.54) is 0 Å². The molecule has 2 heterocycles. The number of methoxy groups -OCH3 is 3. The molecule has 8 heteroatoms. The SMILES string of the molecule is COc1ccc(N=c2oc3c(OC)cccc3cc2C(=O)NCc2ccco2)cc1OC. The molecule has 1 amide bonds. The van der Waals surface area contributed by atoms with Crippen molar-refractivity contribution in [3.05, 3.63) is 77.7 Å². The van der Waals surface area contributed by atoms with Crippen LogP contribution in [0.1, 0.15) is 16.1 Å². The fourth-order valence-corrected chi connectivity index (χ4v) is 3.22. The van der Waals surface area contributed by atoms with Crippen molar-refractivity contribution in [2.75, 3.05) is 21.3 Å². The normalized spacial score (nSPS) is 11.4. The molecule has 164 valence electrons. The molecule has 0 saturated heterocycles. The van der Waals surface area contributed by atoms with Crippen molar-refractivity contribution in [3.8, 4) is 17.2 Å². The zero-order valence-corrected chi connectivity index (χ0v) is 17.9. The number of amides is 1. The fourth-order valence-electron chi connectivity index (χ4n) is 3.22. The lowest BCUT2D eigenvalue weighted by Gasteiger charge is -2.09. The topological polar surface area (TPSA) is 95.4 Å². The second kappa shape index (κ2) is 9.30. The monoisotopic (exact) mass is 434 g/mol. The number of benzene rings is 2. The summed E-state index contributed by atoms with van der Waals surface area (Å²) in [5.41, 5.74) is 1.41. The minimum absolute atomic E-state index is 0.131. The first-order chi connectivity index (χ1) is 15.6. The molecule has 4 rings (SSSR count). The van der Waals surface area contributed by atoms with Crippen LogP contribution in [0.25, 0.3) is 11.0 Å². The molecule has 0 atom stereocenters. The standard InChI is InChI=1S/C24H22N2O6/c1-28-19-10-9-16(13-21(19)30-3)26-24-18(23(27)25-14-17-7-5-11-31-17)12-15-6-4-8-20(29-2)22(15)32-24/h4-13H,14H2,1-3H3,(H,25,27). The first kappa shape index (κ1) is 21.0. The number of para-hydroxylation sites is 1. The molecule has 0 spiro atoms. The van der Waals surface area contributed by atoms with Crippen LogP contribution in [-0.2, 0) is 6.54 Å². The molecule has 0 saturated carbocycles. The van der Waals surface area contributed by atoms with Gasteiger partial charge in [0.25, 0.3) is 5.91 Å². The summed E-state index contributed by atoms with van der Waals surface area (Å²) >= 11 is 0. The van der Waals surface area contributed by atoms with Gasteiger partial charge >= 0.3 is 0 Å². The predicted molar refractivity (Wildman–Crippen MR) is 117 cm³/mol. The molecule has 0 bridgehead atoms. The number of fused-ring (bicyclic) bond motifs is 1. The molecule has 32 heavy (non-hydrogen) atoms. The Morgan fingerprint density at radius 1 is 0.938 bits per heavy atom. The second-order valence-corrected chi connectivity index (χ2v) is 6.76. The van der Waals surface area contributed by atoms with Crippen LogP contribution < -0.4 is 25.1 Å². The van der Waals surface area contributed by atoms with E-state index >= 15 is 0 Å². The summed E-state index contributed by atoms with van der Waals surface area (Å²) in [7, 11) is 4.65. The van der Waals surface area contributed by atoms with Crippen LogP contribution in [0.15, 0.2) is 74.7 Å². The van der Waals surface area contributed by atoms with Gasteiger partial charge in [0.15, 0.2) is 22.8 Å². The molecule has 0 aliphatic heterocycles. The highest BCUT2D eigenvalue weighted by molar-refractivity contribution is 5.97. The minimum atomic E-state index is -0.353. The fraction of sp³-hybridized carbons (Fsp3) is 0.167. The van der Waals surface area contributed by atoms with Crippen LogP contribution in [-0.4, -0.2) is 27.2 Å². The van der Waals surface area contributed by atoms with Gasteiger partial charge in [0.05, 0.1) is 39.8 Å². The van der Waals surface area contributed by atoms with E-state index in [4.69, 9.17) is 23.0 Å². The van der Waals surface area contributed by atoms with Crippen molar-refractivity contribution in [3.63, 3.8) is 0 Å². The number of carbonyl (C=O) groups excluding carboxylic acids is 1. The molecule has 2 aromatic carbocycles. The van der Waals surface area contributed by atoms with E-state index < -0.39 is 0 Å². The number of nitrogens with zero attached hydrogens (tertiary/aromatic N) is 1. The zero-order valence-electron chi connectivity index (χ0n) is 17.9. The van der Waals surface area contributed by atoms with Crippen molar-refractivity contribution in [1.29, 1.82) is 0 Å². The average molecular weight is 434 g/mol. The molecular weight excluding hydrogens is 412 g/mol. The third-order valence-electron chi connectivity index (χ3n) is 4.80. The molecule has 8 nitrogen and oxygen atoms in total. The van der Waals surface area contributed by atoms with Gasteiger partial charge in [0.2, 0.25) is 5.55 Å². The van der Waals surface area contributed by atoms with Gasteiger partial charge in [0.1, 0.15) is 11.3 Å². The van der Waals surface area contributed by atoms with Gasteiger partial charge in [-0.05, 0) is 36.4 Å². The van der Waals surface area contributed by atoms with Gasteiger partial charge in [0, 0.05) is 11.5 Å². The van der Waals surface area contributed by atoms with Crippen molar-refractivity contribution in [2.45, 2.75) is 6.54 Å². The number of furan rings is 1. The number of nitrogens with one attached hydrogen (secondary N) is 1. The van der Waals surface area contributed by atoms with Crippen LogP contribution >= 0.6 is 0 Å². The van der Waals surface area contributed by atoms with Crippen LogP contribution in [0.3, 0.4) is 0 Å². The summed E-state index contributed by atoms with van der Waals surface area (Å²) < 4.78 is 27.4. The van der Waals surface area contributed by atoms with Crippen LogP contribution in [0.4, 0.5) is 5.69 Å². The summed E-state index contributed by atoms with van der Waals surface area (Å²) in [4.78, 5) is 17.6. The van der Waals surface area contributed by atoms with Crippen molar-refractivity contribution in [1.82, 2.24) is 5.32 Å². The molecule has 0 aliphatic rings. The number of ether oxygens (including phenoxy) is 3. The minimum Gasteiger partial charge on any atom is -0.493 e. The van der Waals surface area contributed by atoms with E-state index in [0.29, 0.717) is 39.7 Å². The second-order valence-electron chi connectivity index (χ2n) is 6.76. The predicted octanol–water partition coefficient (Wildman–Crippen LogP) is 4.21. The average Bonchev–Trinajstić information content (AvgIpc) is 3.35. The van der Waals surface area contributed by atoms with Crippen molar-refractivity contribution < 1.29 is 27.8 Å². The highest BCUT2D eigenvalue weighted by atomic mass is 16.5. The Hall–Kier alpha value is -4.20. The quantitative estimate of drug-likeness (QED) is 0.468. The highest BCUT2D eigenvalue weighted by Crippen LogP contribution is 2.31. The Kier molecular flexibility index (Phi) is 6.12. The van der Waals surface area contributed by atoms with Gasteiger partial charge in [-0.25, -0.2) is 4.99 Å². The number of rotatable bonds is 7. The third-order valence-corrected chi connectivity index (χ3v) is 4.80. The lowest BCUT2D eigenvalue weighted by Crippen LogP contribution is -2.28. The zero-order chi connectivity index (χ0) is 22.5. The molecular formula is C24H22N2O6. The number of carbonyl (C=O) groups is 1. The molecule has 0 aliphatic carbocycles. The lowest BCUT2D eigenvalue weighted by molar-refractivity contribution is 0.0944. The van der Waals surface area contributed by atoms with Crippen LogP contribution in [0, 0.1) is 0 Å². The Balaban J connectivity index is 1.83. The van der Waals surface area contributed by atoms with Gasteiger partial charge in [-0.15, -0.1) is 0 Å². The third kappa shape index (κ3) is 4.29. The van der Waals surface area contributed by atoms with Gasteiger partial charge in [-0.2, -0.15) is 0 Å². The van der Waals surface area contributed by atoms with Gasteiger partial charge < -0.3 is 28.4 Å². The summed E-state index contributed by atoms with van der Waals surface area (Å²) in [6.45, 7) is 0.234. The lowest BCUT2D eigenvalue weighted by atomic mass is 10.1. The summed E-state index contributed by atoms with van der Waals surface area (Å²) in [6, 6.07) is 15.9. The molecule has 1 N–H and O–H groups in total. The maximum atomic E-state index is 13.0. The van der Waals surface area contributed by atoms with E-state index in [1.54, 1.807) is 70.1 Å². The van der Waals surface area contributed by atoms with E-state index in [0.717, 1.165) is 0 Å². The molecule has 0 radical (unpaired) electrons. The largest absolute Gasteiger partial charge is 0.493 e. The number of hydrogen-bond acceptors (Lipinski definition) is 7. The number of hydrogen-bond donors (Lipinski definition) is 1. The maximum absolute atomic E-state index is 13.0. The van der Waals surface area contributed by atoms with Crippen LogP contribution in [0.5, 0.6) is 17.2 Å². The maximum Gasteiger partial charge on any atom is 0.257 e. The van der Waals surface area contributed by atoms with Crippen molar-refractivity contribution >= 4 is 22.6 Å². The Labute approximate surface area is 184 Å². The van der Waals surface area contributed by atoms with Gasteiger partial charge in [-0.1, -0.05) is 12.1 Å². The summed E-state index contributed by atoms with van der Waals surface area (Å²) in [5.74, 6) is 1.90.